The molecule has 1 saturated heterocycles. The molecule has 13 nitrogen and oxygen atoms in total. The molecule has 0 radical (unpaired) electrons. The lowest BCUT2D eigenvalue weighted by Gasteiger charge is -2.28. The second-order valence-corrected chi connectivity index (χ2v) is 13.6. The van der Waals surface area contributed by atoms with Crippen molar-refractivity contribution in [2.75, 3.05) is 18.4 Å². The Morgan fingerprint density at radius 2 is 1.65 bits per heavy atom. The van der Waals surface area contributed by atoms with Gasteiger partial charge in [0.05, 0.1) is 0 Å². The van der Waals surface area contributed by atoms with Crippen LogP contribution in [0.3, 0.4) is 0 Å². The van der Waals surface area contributed by atoms with E-state index < -0.39 is 12.1 Å². The maximum absolute atomic E-state index is 13.7. The number of benzene rings is 3. The monoisotopic (exact) mass is 727 g/mol. The van der Waals surface area contributed by atoms with Crippen molar-refractivity contribution in [1.29, 1.82) is 0 Å². The van der Waals surface area contributed by atoms with Crippen LogP contribution < -0.4 is 27.0 Å². The Balaban J connectivity index is 0.00000523. The number of hydrogen-bond donors (Lipinski definition) is 6. The zero-order valence-corrected chi connectivity index (χ0v) is 30.0. The summed E-state index contributed by atoms with van der Waals surface area (Å²) in [5.74, 6) is -0.119. The number of hydrogen-bond acceptors (Lipinski definition) is 8. The van der Waals surface area contributed by atoms with Crippen LogP contribution in [0.4, 0.5) is 5.69 Å². The molecule has 4 amide bonds. The highest BCUT2D eigenvalue weighted by Gasteiger charge is 2.30. The molecule has 1 aliphatic heterocycles. The molecule has 6 rings (SSSR count). The average Bonchev–Trinajstić information content (AvgIpc) is 3.62. The van der Waals surface area contributed by atoms with Gasteiger partial charge in [-0.1, -0.05) is 30.3 Å². The number of aryl methyl sites for hydroxylation is 1. The summed E-state index contributed by atoms with van der Waals surface area (Å²) in [7, 11) is 0. The van der Waals surface area contributed by atoms with Gasteiger partial charge in [-0.15, -0.1) is 22.6 Å². The zero-order chi connectivity index (χ0) is 35.7. The smallest absolute Gasteiger partial charge is 0.251 e. The predicted molar refractivity (Wildman–Crippen MR) is 200 cm³/mol. The van der Waals surface area contributed by atoms with Crippen molar-refractivity contribution in [2.45, 2.75) is 70.4 Å². The number of rotatable bonds is 11. The molecule has 2 heterocycles. The Labute approximate surface area is 309 Å². The third-order valence-electron chi connectivity index (χ3n) is 9.97. The SMILES string of the molecule is Cc1cc(C(=O)N[C@@H]2CCCCNC2=O)ccc1-c1ccc(C[C@H](NC(=O)C2CCC(CN)CC2)C(=O)Nc2ccc(-c3nn[nH]n3)cc2)cc1.Cl. The van der Waals surface area contributed by atoms with Crippen LogP contribution in [-0.4, -0.2) is 69.4 Å². The third kappa shape index (κ3) is 9.59. The van der Waals surface area contributed by atoms with Gasteiger partial charge in [0.25, 0.3) is 5.91 Å². The van der Waals surface area contributed by atoms with E-state index in [1.165, 1.54) is 0 Å². The normalized spacial score (nSPS) is 19.3. The van der Waals surface area contributed by atoms with Crippen LogP contribution in [0.25, 0.3) is 22.5 Å². The largest absolute Gasteiger partial charge is 0.354 e. The van der Waals surface area contributed by atoms with Crippen LogP contribution in [0.15, 0.2) is 66.7 Å². The van der Waals surface area contributed by atoms with Gasteiger partial charge in [-0.05, 0) is 128 Å². The van der Waals surface area contributed by atoms with Crippen LogP contribution in [0.1, 0.15) is 66.4 Å². The number of aromatic nitrogens is 4. The lowest BCUT2D eigenvalue weighted by molar-refractivity contribution is -0.130. The molecular formula is C38H46ClN9O4. The summed E-state index contributed by atoms with van der Waals surface area (Å²) >= 11 is 0. The second kappa shape index (κ2) is 17.9. The summed E-state index contributed by atoms with van der Waals surface area (Å²) in [6.45, 7) is 3.21. The fraction of sp³-hybridized carbons (Fsp3) is 0.395. The van der Waals surface area contributed by atoms with Crippen LogP contribution in [-0.2, 0) is 20.8 Å². The van der Waals surface area contributed by atoms with Gasteiger partial charge in [-0.2, -0.15) is 5.21 Å². The molecule has 0 spiro atoms. The number of anilines is 1. The number of carbonyl (C=O) groups excluding carboxylic acids is 4. The summed E-state index contributed by atoms with van der Waals surface area (Å²) in [5, 5.41) is 25.7. The Morgan fingerprint density at radius 1 is 0.923 bits per heavy atom. The van der Waals surface area contributed by atoms with Gasteiger partial charge in [0.1, 0.15) is 12.1 Å². The van der Waals surface area contributed by atoms with Crippen molar-refractivity contribution < 1.29 is 19.2 Å². The average molecular weight is 728 g/mol. The van der Waals surface area contributed by atoms with E-state index in [1.54, 1.807) is 30.3 Å². The molecule has 1 saturated carbocycles. The molecule has 14 heteroatoms. The van der Waals surface area contributed by atoms with Crippen LogP contribution in [0, 0.1) is 18.8 Å². The number of nitrogens with one attached hydrogen (secondary N) is 5. The summed E-state index contributed by atoms with van der Waals surface area (Å²) in [5.41, 5.74) is 11.4. The molecule has 2 aliphatic rings. The van der Waals surface area contributed by atoms with Gasteiger partial charge in [0.15, 0.2) is 0 Å². The number of tetrazole rings is 1. The molecule has 7 N–H and O–H groups in total. The minimum atomic E-state index is -0.803. The first kappa shape index (κ1) is 38.1. The minimum absolute atomic E-state index is 0. The lowest BCUT2D eigenvalue weighted by Crippen LogP contribution is -2.48. The van der Waals surface area contributed by atoms with Gasteiger partial charge in [0.2, 0.25) is 23.5 Å². The fourth-order valence-electron chi connectivity index (χ4n) is 6.88. The second-order valence-electron chi connectivity index (χ2n) is 13.6. The highest BCUT2D eigenvalue weighted by Crippen LogP contribution is 2.29. The first-order valence-electron chi connectivity index (χ1n) is 17.7. The van der Waals surface area contributed by atoms with Crippen molar-refractivity contribution in [3.8, 4) is 22.5 Å². The van der Waals surface area contributed by atoms with E-state index in [4.69, 9.17) is 5.73 Å². The number of halogens is 1. The summed E-state index contributed by atoms with van der Waals surface area (Å²) in [4.78, 5) is 52.4. The van der Waals surface area contributed by atoms with Gasteiger partial charge in [-0.3, -0.25) is 19.2 Å². The number of nitrogens with two attached hydrogens (primary N) is 1. The molecule has 52 heavy (non-hydrogen) atoms. The molecule has 1 aromatic heterocycles. The summed E-state index contributed by atoms with van der Waals surface area (Å²) in [6, 6.07) is 19.2. The lowest BCUT2D eigenvalue weighted by atomic mass is 9.81. The van der Waals surface area contributed by atoms with E-state index in [-0.39, 0.29) is 42.0 Å². The van der Waals surface area contributed by atoms with Crippen LogP contribution >= 0.6 is 12.4 Å². The topological polar surface area (TPSA) is 197 Å². The maximum atomic E-state index is 13.7. The van der Waals surface area contributed by atoms with Crippen molar-refractivity contribution in [2.24, 2.45) is 17.6 Å². The molecule has 2 fully saturated rings. The number of nitrogens with zero attached hydrogens (tertiary/aromatic N) is 3. The number of amides is 4. The minimum Gasteiger partial charge on any atom is -0.354 e. The molecule has 3 aromatic carbocycles. The van der Waals surface area contributed by atoms with Crippen LogP contribution in [0.2, 0.25) is 0 Å². The third-order valence-corrected chi connectivity index (χ3v) is 9.97. The van der Waals surface area contributed by atoms with E-state index in [0.29, 0.717) is 48.9 Å². The van der Waals surface area contributed by atoms with E-state index >= 15 is 0 Å². The first-order valence-corrected chi connectivity index (χ1v) is 17.7. The zero-order valence-electron chi connectivity index (χ0n) is 29.2. The fourth-order valence-corrected chi connectivity index (χ4v) is 6.88. The maximum Gasteiger partial charge on any atom is 0.251 e. The highest BCUT2D eigenvalue weighted by atomic mass is 35.5. The Bertz CT molecular complexity index is 1830. The standard InChI is InChI=1S/C38H45N9O4.ClH/c1-23-20-29(36(49)42-32-4-2-3-19-40-37(32)50)15-18-31(23)26-9-5-24(6-10-26)21-33(43-35(48)28-11-7-25(22-39)8-12-28)38(51)41-30-16-13-27(14-17-30)34-44-46-47-45-34;/h5-6,9-10,13-18,20,25,28,32-33H,2-4,7-8,11-12,19,21-22,39H2,1H3,(H,40,50)(H,41,51)(H,42,49)(H,43,48)(H,44,45,46,47);1H/t25?,28?,32-,33+;/m1./s1. The van der Waals surface area contributed by atoms with Crippen molar-refractivity contribution in [1.82, 2.24) is 36.6 Å². The van der Waals surface area contributed by atoms with Crippen molar-refractivity contribution in [3.63, 3.8) is 0 Å². The molecule has 0 unspecified atom stereocenters. The van der Waals surface area contributed by atoms with Crippen LogP contribution in [0.5, 0.6) is 0 Å². The quantitative estimate of drug-likeness (QED) is 0.133. The van der Waals surface area contributed by atoms with E-state index in [9.17, 15) is 19.2 Å². The number of H-pyrrole nitrogens is 1. The van der Waals surface area contributed by atoms with Gasteiger partial charge < -0.3 is 27.0 Å². The molecule has 0 bridgehead atoms. The van der Waals surface area contributed by atoms with Gasteiger partial charge in [-0.25, -0.2) is 0 Å². The van der Waals surface area contributed by atoms with Crippen molar-refractivity contribution in [3.05, 3.63) is 83.4 Å². The molecule has 1 aliphatic carbocycles. The Hall–Kier alpha value is -5.14. The molecular weight excluding hydrogens is 682 g/mol. The molecule has 4 aromatic rings. The van der Waals surface area contributed by atoms with Gasteiger partial charge >= 0.3 is 0 Å². The predicted octanol–water partition coefficient (Wildman–Crippen LogP) is 4.09. The van der Waals surface area contributed by atoms with E-state index in [2.05, 4.69) is 41.9 Å². The van der Waals surface area contributed by atoms with Gasteiger partial charge in [0, 0.05) is 35.7 Å². The summed E-state index contributed by atoms with van der Waals surface area (Å²) in [6.07, 6.45) is 6.02. The number of carbonyl (C=O) groups is 4. The first-order chi connectivity index (χ1) is 24.8. The van der Waals surface area contributed by atoms with E-state index in [0.717, 1.165) is 66.3 Å². The Morgan fingerprint density at radius 3 is 2.33 bits per heavy atom. The van der Waals surface area contributed by atoms with E-state index in [1.807, 2.05) is 43.3 Å². The molecule has 2 atom stereocenters. The Kier molecular flexibility index (Phi) is 13.1. The summed E-state index contributed by atoms with van der Waals surface area (Å²) < 4.78 is 0. The molecule has 274 valence electrons. The number of aromatic amines is 1. The van der Waals surface area contributed by atoms with Crippen molar-refractivity contribution >= 4 is 41.7 Å². The highest BCUT2D eigenvalue weighted by molar-refractivity contribution is 5.99.